The SMILES string of the molecule is Cc1ccc(NC(=O)c2ccnc(C(F)(F)F)c2)cc1-c1cc(F)c2c(c1)N1CCOC[C@H]1[C@@](F)(CO)C2. The minimum atomic E-state index is -4.69. The first-order chi connectivity index (χ1) is 18.0. The highest BCUT2D eigenvalue weighted by Crippen LogP contribution is 2.43. The molecule has 1 saturated heterocycles. The van der Waals surface area contributed by atoms with E-state index in [0.717, 1.165) is 11.8 Å². The van der Waals surface area contributed by atoms with E-state index in [-0.39, 0.29) is 24.2 Å². The Balaban J connectivity index is 1.48. The molecule has 0 spiro atoms. The largest absolute Gasteiger partial charge is 0.433 e. The number of fused-ring (bicyclic) bond motifs is 3. The van der Waals surface area contributed by atoms with Crippen molar-refractivity contribution in [3.63, 3.8) is 0 Å². The first kappa shape index (κ1) is 26.1. The van der Waals surface area contributed by atoms with Gasteiger partial charge in [-0.05, 0) is 60.0 Å². The molecule has 2 aromatic carbocycles. The summed E-state index contributed by atoms with van der Waals surface area (Å²) in [5, 5.41) is 12.3. The van der Waals surface area contributed by atoms with Gasteiger partial charge in [0.05, 0.1) is 25.9 Å². The van der Waals surface area contributed by atoms with Gasteiger partial charge in [-0.2, -0.15) is 13.2 Å². The molecule has 3 aromatic rings. The number of morpholine rings is 1. The van der Waals surface area contributed by atoms with Crippen LogP contribution in [0, 0.1) is 12.7 Å². The number of aliphatic hydroxyl groups excluding tert-OH is 1. The molecule has 0 unspecified atom stereocenters. The zero-order valence-corrected chi connectivity index (χ0v) is 20.3. The second-order valence-electron chi connectivity index (χ2n) is 9.52. The van der Waals surface area contributed by atoms with Crippen LogP contribution in [0.5, 0.6) is 0 Å². The number of alkyl halides is 4. The summed E-state index contributed by atoms with van der Waals surface area (Å²) >= 11 is 0. The van der Waals surface area contributed by atoms with Gasteiger partial charge >= 0.3 is 6.18 Å². The van der Waals surface area contributed by atoms with Gasteiger partial charge < -0.3 is 20.1 Å². The average molecular weight is 533 g/mol. The molecule has 1 aromatic heterocycles. The summed E-state index contributed by atoms with van der Waals surface area (Å²) in [6, 6.07) is 9.00. The Hall–Kier alpha value is -3.57. The molecule has 0 saturated carbocycles. The lowest BCUT2D eigenvalue weighted by Crippen LogP contribution is -2.62. The number of carbonyl (C=O) groups is 1. The van der Waals surface area contributed by atoms with Gasteiger partial charge in [-0.15, -0.1) is 0 Å². The molecule has 0 bridgehead atoms. The van der Waals surface area contributed by atoms with Gasteiger partial charge in [-0.3, -0.25) is 9.78 Å². The molecule has 200 valence electrons. The van der Waals surface area contributed by atoms with Crippen LogP contribution in [-0.2, 0) is 17.3 Å². The van der Waals surface area contributed by atoms with Crippen LogP contribution >= 0.6 is 0 Å². The highest BCUT2D eigenvalue weighted by Gasteiger charge is 2.49. The number of aromatic nitrogens is 1. The fraction of sp³-hybridized carbons (Fsp3) is 0.333. The van der Waals surface area contributed by atoms with Crippen LogP contribution in [0.4, 0.5) is 33.3 Å². The highest BCUT2D eigenvalue weighted by atomic mass is 19.4. The topological polar surface area (TPSA) is 74.7 Å². The molecule has 2 N–H and O–H groups in total. The normalized spacial score (nSPS) is 21.0. The number of aliphatic hydroxyl groups is 1. The predicted octanol–water partition coefficient (Wildman–Crippen LogP) is 4.93. The average Bonchev–Trinajstić information content (AvgIpc) is 2.90. The second kappa shape index (κ2) is 9.63. The highest BCUT2D eigenvalue weighted by molar-refractivity contribution is 6.04. The number of hydrogen-bond acceptors (Lipinski definition) is 5. The maximum absolute atomic E-state index is 15.5. The molecule has 1 fully saturated rings. The van der Waals surface area contributed by atoms with E-state index in [9.17, 15) is 23.1 Å². The quantitative estimate of drug-likeness (QED) is 0.466. The van der Waals surface area contributed by atoms with Crippen molar-refractivity contribution in [2.24, 2.45) is 0 Å². The van der Waals surface area contributed by atoms with Crippen molar-refractivity contribution in [2.75, 3.05) is 36.6 Å². The summed E-state index contributed by atoms with van der Waals surface area (Å²) in [7, 11) is 0. The first-order valence-corrected chi connectivity index (χ1v) is 11.9. The number of ether oxygens (including phenoxy) is 1. The van der Waals surface area contributed by atoms with Crippen molar-refractivity contribution < 1.29 is 36.6 Å². The number of aryl methyl sites for hydroxylation is 1. The number of pyridine rings is 1. The molecule has 0 radical (unpaired) electrons. The zero-order chi connectivity index (χ0) is 27.2. The molecule has 2 aliphatic heterocycles. The summed E-state index contributed by atoms with van der Waals surface area (Å²) < 4.78 is 75.3. The van der Waals surface area contributed by atoms with Crippen molar-refractivity contribution >= 4 is 17.3 Å². The Morgan fingerprint density at radius 3 is 2.76 bits per heavy atom. The fourth-order valence-electron chi connectivity index (χ4n) is 5.04. The third-order valence-electron chi connectivity index (χ3n) is 7.06. The molecule has 11 heteroatoms. The Kier molecular flexibility index (Phi) is 6.60. The molecule has 3 heterocycles. The third-order valence-corrected chi connectivity index (χ3v) is 7.06. The van der Waals surface area contributed by atoms with Crippen LogP contribution in [0.2, 0.25) is 0 Å². The first-order valence-electron chi connectivity index (χ1n) is 11.9. The van der Waals surface area contributed by atoms with Gasteiger partial charge in [0.2, 0.25) is 0 Å². The van der Waals surface area contributed by atoms with Crippen LogP contribution in [0.15, 0.2) is 48.7 Å². The zero-order valence-electron chi connectivity index (χ0n) is 20.3. The monoisotopic (exact) mass is 533 g/mol. The maximum atomic E-state index is 15.5. The lowest BCUT2D eigenvalue weighted by molar-refractivity contribution is -0.141. The molecule has 38 heavy (non-hydrogen) atoms. The number of hydrogen-bond donors (Lipinski definition) is 2. The number of anilines is 2. The Bertz CT molecular complexity index is 1400. The van der Waals surface area contributed by atoms with E-state index in [1.54, 1.807) is 36.1 Å². The summed E-state index contributed by atoms with van der Waals surface area (Å²) in [5.74, 6) is -1.38. The van der Waals surface area contributed by atoms with Gasteiger partial charge in [0.1, 0.15) is 11.5 Å². The molecule has 5 rings (SSSR count). The summed E-state index contributed by atoms with van der Waals surface area (Å²) in [5.41, 5.74) is -0.636. The molecule has 2 aliphatic rings. The second-order valence-corrected chi connectivity index (χ2v) is 9.52. The van der Waals surface area contributed by atoms with E-state index < -0.39 is 41.9 Å². The number of rotatable bonds is 4. The van der Waals surface area contributed by atoms with Crippen molar-refractivity contribution in [1.29, 1.82) is 0 Å². The van der Waals surface area contributed by atoms with Gasteiger partial charge in [-0.1, -0.05) is 6.07 Å². The Labute approximate surface area is 215 Å². The molecule has 1 amide bonds. The molecule has 2 atom stereocenters. The Morgan fingerprint density at radius 2 is 2.03 bits per heavy atom. The van der Waals surface area contributed by atoms with Crippen LogP contribution in [-0.4, -0.2) is 54.1 Å². The Morgan fingerprint density at radius 1 is 1.24 bits per heavy atom. The lowest BCUT2D eigenvalue weighted by atomic mass is 9.81. The van der Waals surface area contributed by atoms with Gasteiger partial charge in [-0.25, -0.2) is 8.78 Å². The molecular weight excluding hydrogens is 509 g/mol. The van der Waals surface area contributed by atoms with Gasteiger partial charge in [0, 0.05) is 41.7 Å². The molecular formula is C27H24F5N3O3. The number of carbonyl (C=O) groups excluding carboxylic acids is 1. The minimum absolute atomic E-state index is 0.0634. The standard InChI is InChI=1S/C27H24F5N3O3/c1-15-2-3-18(34-25(37)16-4-5-33-23(10-16)27(30,31)32)11-19(15)17-8-21(28)20-12-26(29,14-36)24-13-38-7-6-35(24)22(20)9-17/h2-5,8-11,24,36H,6-7,12-14H2,1H3,(H,34,37)/t24-,26-/m0/s1. The van der Waals surface area contributed by atoms with Gasteiger partial charge in [0.15, 0.2) is 5.67 Å². The number of benzene rings is 2. The summed E-state index contributed by atoms with van der Waals surface area (Å²) in [6.45, 7) is 1.75. The van der Waals surface area contributed by atoms with Crippen LogP contribution in [0.1, 0.15) is 27.2 Å². The smallest absolute Gasteiger partial charge is 0.393 e. The third kappa shape index (κ3) is 4.71. The molecule has 0 aliphatic carbocycles. The number of nitrogens with zero attached hydrogens (tertiary/aromatic N) is 2. The van der Waals surface area contributed by atoms with Crippen molar-refractivity contribution in [1.82, 2.24) is 4.98 Å². The lowest BCUT2D eigenvalue weighted by Gasteiger charge is -2.48. The number of halogens is 5. The van der Waals surface area contributed by atoms with Crippen molar-refractivity contribution in [3.8, 4) is 11.1 Å². The van der Waals surface area contributed by atoms with Gasteiger partial charge in [0.25, 0.3) is 5.91 Å². The predicted molar refractivity (Wildman–Crippen MR) is 130 cm³/mol. The van der Waals surface area contributed by atoms with Crippen LogP contribution in [0.25, 0.3) is 11.1 Å². The van der Waals surface area contributed by atoms with Crippen molar-refractivity contribution in [2.45, 2.75) is 31.2 Å². The van der Waals surface area contributed by atoms with Crippen molar-refractivity contribution in [3.05, 3.63) is 76.9 Å². The van der Waals surface area contributed by atoms with E-state index in [2.05, 4.69) is 10.3 Å². The molecule has 6 nitrogen and oxygen atoms in total. The van der Waals surface area contributed by atoms with E-state index in [4.69, 9.17) is 4.74 Å². The minimum Gasteiger partial charge on any atom is -0.393 e. The number of amides is 1. The number of nitrogens with one attached hydrogen (secondary N) is 1. The summed E-state index contributed by atoms with van der Waals surface area (Å²) in [4.78, 5) is 17.7. The van der Waals surface area contributed by atoms with E-state index in [1.165, 1.54) is 12.1 Å². The van der Waals surface area contributed by atoms with E-state index in [0.29, 0.717) is 41.7 Å². The van der Waals surface area contributed by atoms with E-state index >= 15 is 8.78 Å². The van der Waals surface area contributed by atoms with Crippen LogP contribution < -0.4 is 10.2 Å². The van der Waals surface area contributed by atoms with E-state index in [1.807, 2.05) is 0 Å². The van der Waals surface area contributed by atoms with Crippen LogP contribution in [0.3, 0.4) is 0 Å². The fourth-order valence-corrected chi connectivity index (χ4v) is 5.04. The maximum Gasteiger partial charge on any atom is 0.433 e. The summed E-state index contributed by atoms with van der Waals surface area (Å²) in [6.07, 6.45) is -4.07.